The van der Waals surface area contributed by atoms with E-state index in [-0.39, 0.29) is 12.2 Å². The average molecular weight is 294 g/mol. The standard InChI is InChI=1S/C12H11FN4O4/c1-16-6-7(5-15-16)4-14-10-2-8(12(18)19)9(13)3-11(10)17(20)21/h2-3,5-6,14H,4H2,1H3,(H,18,19). The molecule has 2 N–H and O–H groups in total. The summed E-state index contributed by atoms with van der Waals surface area (Å²) in [6, 6.07) is 1.50. The number of nitro groups is 1. The molecular formula is C12H11FN4O4. The zero-order chi connectivity index (χ0) is 15.6. The van der Waals surface area contributed by atoms with Gasteiger partial charge < -0.3 is 10.4 Å². The molecule has 9 heteroatoms. The van der Waals surface area contributed by atoms with Gasteiger partial charge in [0.15, 0.2) is 0 Å². The molecule has 2 aromatic rings. The normalized spacial score (nSPS) is 10.4. The van der Waals surface area contributed by atoms with Crippen molar-refractivity contribution in [1.29, 1.82) is 0 Å². The quantitative estimate of drug-likeness (QED) is 0.642. The van der Waals surface area contributed by atoms with Crippen molar-refractivity contribution in [3.8, 4) is 0 Å². The van der Waals surface area contributed by atoms with E-state index in [1.807, 2.05) is 0 Å². The van der Waals surface area contributed by atoms with E-state index < -0.39 is 28.0 Å². The largest absolute Gasteiger partial charge is 0.478 e. The number of carbonyl (C=O) groups is 1. The van der Waals surface area contributed by atoms with Crippen molar-refractivity contribution in [3.05, 3.63) is 51.6 Å². The van der Waals surface area contributed by atoms with Crippen LogP contribution < -0.4 is 5.32 Å². The van der Waals surface area contributed by atoms with Crippen molar-refractivity contribution < 1.29 is 19.2 Å². The Bertz CT molecular complexity index is 713. The van der Waals surface area contributed by atoms with E-state index in [0.717, 1.165) is 11.6 Å². The monoisotopic (exact) mass is 294 g/mol. The number of nitro benzene ring substituents is 1. The van der Waals surface area contributed by atoms with Crippen molar-refractivity contribution in [2.45, 2.75) is 6.54 Å². The second-order valence-corrected chi connectivity index (χ2v) is 4.29. The fourth-order valence-electron chi connectivity index (χ4n) is 1.78. The molecule has 1 heterocycles. The number of nitrogens with one attached hydrogen (secondary N) is 1. The van der Waals surface area contributed by atoms with E-state index in [1.54, 1.807) is 24.1 Å². The summed E-state index contributed by atoms with van der Waals surface area (Å²) >= 11 is 0. The van der Waals surface area contributed by atoms with Gasteiger partial charge in [-0.25, -0.2) is 9.18 Å². The molecule has 0 bridgehead atoms. The van der Waals surface area contributed by atoms with Crippen molar-refractivity contribution in [2.75, 3.05) is 5.32 Å². The van der Waals surface area contributed by atoms with Gasteiger partial charge in [-0.3, -0.25) is 14.8 Å². The Morgan fingerprint density at radius 2 is 2.29 bits per heavy atom. The molecule has 0 spiro atoms. The first-order valence-corrected chi connectivity index (χ1v) is 5.81. The number of aryl methyl sites for hydroxylation is 1. The van der Waals surface area contributed by atoms with Crippen LogP contribution in [0.15, 0.2) is 24.5 Å². The molecule has 8 nitrogen and oxygen atoms in total. The Hall–Kier alpha value is -2.97. The van der Waals surface area contributed by atoms with Gasteiger partial charge in [0.1, 0.15) is 11.5 Å². The maximum Gasteiger partial charge on any atom is 0.338 e. The van der Waals surface area contributed by atoms with Crippen LogP contribution in [0.3, 0.4) is 0 Å². The summed E-state index contributed by atoms with van der Waals surface area (Å²) < 4.78 is 15.0. The van der Waals surface area contributed by atoms with E-state index in [4.69, 9.17) is 5.11 Å². The summed E-state index contributed by atoms with van der Waals surface area (Å²) in [5.41, 5.74) is -0.480. The minimum absolute atomic E-state index is 0.0670. The number of hydrogen-bond donors (Lipinski definition) is 2. The summed E-state index contributed by atoms with van der Waals surface area (Å²) in [5.74, 6) is -2.65. The minimum Gasteiger partial charge on any atom is -0.478 e. The van der Waals surface area contributed by atoms with Gasteiger partial charge in [0.2, 0.25) is 0 Å². The molecule has 0 saturated carbocycles. The lowest BCUT2D eigenvalue weighted by atomic mass is 10.1. The molecule has 0 aliphatic rings. The predicted octanol–water partition coefficient (Wildman–Crippen LogP) is 1.78. The van der Waals surface area contributed by atoms with Gasteiger partial charge in [-0.15, -0.1) is 0 Å². The highest BCUT2D eigenvalue weighted by atomic mass is 19.1. The lowest BCUT2D eigenvalue weighted by molar-refractivity contribution is -0.384. The topological polar surface area (TPSA) is 110 Å². The molecule has 21 heavy (non-hydrogen) atoms. The van der Waals surface area contributed by atoms with Crippen molar-refractivity contribution in [1.82, 2.24) is 9.78 Å². The number of halogens is 1. The summed E-state index contributed by atoms with van der Waals surface area (Å²) in [7, 11) is 1.71. The highest BCUT2D eigenvalue weighted by Gasteiger charge is 2.21. The minimum atomic E-state index is -1.49. The van der Waals surface area contributed by atoms with Crippen molar-refractivity contribution in [2.24, 2.45) is 7.05 Å². The third-order valence-electron chi connectivity index (χ3n) is 2.75. The Kier molecular flexibility index (Phi) is 3.83. The fourth-order valence-corrected chi connectivity index (χ4v) is 1.78. The lowest BCUT2D eigenvalue weighted by Crippen LogP contribution is -2.07. The first-order valence-electron chi connectivity index (χ1n) is 5.81. The number of carboxylic acids is 1. The molecule has 0 radical (unpaired) electrons. The van der Waals surface area contributed by atoms with Crippen LogP contribution in [0, 0.1) is 15.9 Å². The number of nitrogens with zero attached hydrogens (tertiary/aromatic N) is 3. The Balaban J connectivity index is 2.33. The van der Waals surface area contributed by atoms with Crippen molar-refractivity contribution >= 4 is 17.3 Å². The number of anilines is 1. The second kappa shape index (κ2) is 5.57. The van der Waals surface area contributed by atoms with Crippen LogP contribution in [0.5, 0.6) is 0 Å². The van der Waals surface area contributed by atoms with Crippen LogP contribution in [-0.2, 0) is 13.6 Å². The van der Waals surface area contributed by atoms with E-state index in [0.29, 0.717) is 6.07 Å². The fraction of sp³-hybridized carbons (Fsp3) is 0.167. The zero-order valence-electron chi connectivity index (χ0n) is 10.9. The maximum atomic E-state index is 13.5. The van der Waals surface area contributed by atoms with Crippen LogP contribution in [0.25, 0.3) is 0 Å². The molecular weight excluding hydrogens is 283 g/mol. The Morgan fingerprint density at radius 1 is 1.57 bits per heavy atom. The smallest absolute Gasteiger partial charge is 0.338 e. The summed E-state index contributed by atoms with van der Waals surface area (Å²) in [4.78, 5) is 21.0. The highest BCUT2D eigenvalue weighted by Crippen LogP contribution is 2.28. The molecule has 0 aliphatic heterocycles. The van der Waals surface area contributed by atoms with Crippen LogP contribution in [0.4, 0.5) is 15.8 Å². The third-order valence-corrected chi connectivity index (χ3v) is 2.75. The Labute approximate surface area is 118 Å². The first-order chi connectivity index (χ1) is 9.88. The Morgan fingerprint density at radius 3 is 2.81 bits per heavy atom. The molecule has 0 atom stereocenters. The van der Waals surface area contributed by atoms with Crippen LogP contribution >= 0.6 is 0 Å². The van der Waals surface area contributed by atoms with Crippen LogP contribution in [0.1, 0.15) is 15.9 Å². The molecule has 0 unspecified atom stereocenters. The van der Waals surface area contributed by atoms with Crippen molar-refractivity contribution in [3.63, 3.8) is 0 Å². The maximum absolute atomic E-state index is 13.5. The molecule has 0 amide bonds. The van der Waals surface area contributed by atoms with Gasteiger partial charge in [0, 0.05) is 25.4 Å². The zero-order valence-corrected chi connectivity index (χ0v) is 10.9. The van der Waals surface area contributed by atoms with Gasteiger partial charge >= 0.3 is 5.97 Å². The van der Waals surface area contributed by atoms with Gasteiger partial charge in [-0.05, 0) is 6.07 Å². The lowest BCUT2D eigenvalue weighted by Gasteiger charge is -2.07. The number of benzene rings is 1. The molecule has 0 aliphatic carbocycles. The number of hydrogen-bond acceptors (Lipinski definition) is 5. The third kappa shape index (κ3) is 3.14. The van der Waals surface area contributed by atoms with Gasteiger partial charge in [-0.1, -0.05) is 0 Å². The van der Waals surface area contributed by atoms with E-state index >= 15 is 0 Å². The summed E-state index contributed by atoms with van der Waals surface area (Å²) in [6.07, 6.45) is 3.25. The SMILES string of the molecule is Cn1cc(CNc2cc(C(=O)O)c(F)cc2[N+](=O)[O-])cn1. The number of rotatable bonds is 5. The molecule has 0 saturated heterocycles. The van der Waals surface area contributed by atoms with E-state index in [1.165, 1.54) is 0 Å². The van der Waals surface area contributed by atoms with Gasteiger partial charge in [0.25, 0.3) is 5.69 Å². The number of carboxylic acid groups (broad SMARTS) is 1. The highest BCUT2D eigenvalue weighted by molar-refractivity contribution is 5.90. The first kappa shape index (κ1) is 14.4. The molecule has 1 aromatic heterocycles. The van der Waals surface area contributed by atoms with Crippen LogP contribution in [-0.4, -0.2) is 25.8 Å². The van der Waals surface area contributed by atoms with E-state index in [9.17, 15) is 19.3 Å². The number of aromatic carboxylic acids is 1. The average Bonchev–Trinajstić information content (AvgIpc) is 2.82. The van der Waals surface area contributed by atoms with Gasteiger partial charge in [0.05, 0.1) is 22.7 Å². The number of aromatic nitrogens is 2. The predicted molar refractivity (Wildman–Crippen MR) is 70.5 cm³/mol. The summed E-state index contributed by atoms with van der Waals surface area (Å²) in [6.45, 7) is 0.194. The molecule has 110 valence electrons. The second-order valence-electron chi connectivity index (χ2n) is 4.29. The van der Waals surface area contributed by atoms with Crippen LogP contribution in [0.2, 0.25) is 0 Å². The van der Waals surface area contributed by atoms with E-state index in [2.05, 4.69) is 10.4 Å². The van der Waals surface area contributed by atoms with Gasteiger partial charge in [-0.2, -0.15) is 5.10 Å². The molecule has 1 aromatic carbocycles. The summed E-state index contributed by atoms with van der Waals surface area (Å²) in [5, 5.41) is 26.4. The molecule has 2 rings (SSSR count). The molecule has 0 fully saturated rings.